The number of para-hydroxylation sites is 1. The monoisotopic (exact) mass is 318 g/mol. The van der Waals surface area contributed by atoms with E-state index >= 15 is 0 Å². The third-order valence-electron chi connectivity index (χ3n) is 4.00. The first-order chi connectivity index (χ1) is 10.9. The smallest absolute Gasteiger partial charge is 0.326 e. The molecule has 1 aliphatic heterocycles. The number of anilines is 1. The number of nitrogens with one attached hydrogen (secondary N) is 1. The lowest BCUT2D eigenvalue weighted by atomic mass is 10.0. The first kappa shape index (κ1) is 17.0. The lowest BCUT2D eigenvalue weighted by Crippen LogP contribution is -2.45. The molecule has 2 rings (SSSR count). The molecule has 6 heteroatoms. The van der Waals surface area contributed by atoms with Crippen molar-refractivity contribution in [3.05, 3.63) is 29.8 Å². The Balaban J connectivity index is 1.99. The number of fused-ring (bicyclic) bond motifs is 1. The molecule has 0 fully saturated rings. The predicted octanol–water partition coefficient (Wildman–Crippen LogP) is 1.58. The summed E-state index contributed by atoms with van der Waals surface area (Å²) in [6.07, 6.45) is 1.23. The number of carbonyl (C=O) groups is 3. The average Bonchev–Trinajstić information content (AvgIpc) is 2.51. The van der Waals surface area contributed by atoms with E-state index in [1.807, 2.05) is 24.3 Å². The Labute approximate surface area is 135 Å². The lowest BCUT2D eigenvalue weighted by molar-refractivity contribution is -0.143. The molecule has 0 aliphatic carbocycles. The SMILES string of the molecule is CC(C)C(NC(=O)CCN1C(=O)CCc2ccccc21)C(=O)O. The molecule has 1 aromatic carbocycles. The van der Waals surface area contributed by atoms with Gasteiger partial charge in [-0.2, -0.15) is 0 Å². The Hall–Kier alpha value is -2.37. The molecule has 124 valence electrons. The van der Waals surface area contributed by atoms with Crippen LogP contribution in [0.3, 0.4) is 0 Å². The van der Waals surface area contributed by atoms with E-state index in [-0.39, 0.29) is 30.7 Å². The molecule has 23 heavy (non-hydrogen) atoms. The number of aryl methyl sites for hydroxylation is 1. The van der Waals surface area contributed by atoms with Crippen LogP contribution in [-0.2, 0) is 20.8 Å². The normalized spacial score (nSPS) is 15.3. The van der Waals surface area contributed by atoms with Crippen molar-refractivity contribution in [3.8, 4) is 0 Å². The van der Waals surface area contributed by atoms with Crippen LogP contribution < -0.4 is 10.2 Å². The van der Waals surface area contributed by atoms with E-state index in [2.05, 4.69) is 5.32 Å². The number of nitrogens with zero attached hydrogens (tertiary/aromatic N) is 1. The molecule has 1 unspecified atom stereocenters. The van der Waals surface area contributed by atoms with E-state index in [0.717, 1.165) is 11.3 Å². The molecule has 2 N–H and O–H groups in total. The number of hydrogen-bond acceptors (Lipinski definition) is 3. The maximum atomic E-state index is 12.1. The Morgan fingerprint density at radius 3 is 2.61 bits per heavy atom. The molecular weight excluding hydrogens is 296 g/mol. The van der Waals surface area contributed by atoms with Crippen molar-refractivity contribution in [1.29, 1.82) is 0 Å². The fourth-order valence-electron chi connectivity index (χ4n) is 2.71. The average molecular weight is 318 g/mol. The number of aliphatic carboxylic acids is 1. The highest BCUT2D eigenvalue weighted by Crippen LogP contribution is 2.27. The van der Waals surface area contributed by atoms with Gasteiger partial charge in [0.25, 0.3) is 0 Å². The van der Waals surface area contributed by atoms with E-state index in [0.29, 0.717) is 12.8 Å². The van der Waals surface area contributed by atoms with Crippen LogP contribution in [0.1, 0.15) is 32.3 Å². The summed E-state index contributed by atoms with van der Waals surface area (Å²) in [4.78, 5) is 36.9. The van der Waals surface area contributed by atoms with Gasteiger partial charge < -0.3 is 15.3 Å². The second kappa shape index (κ2) is 7.26. The first-order valence-electron chi connectivity index (χ1n) is 7.80. The number of hydrogen-bond donors (Lipinski definition) is 2. The summed E-state index contributed by atoms with van der Waals surface area (Å²) >= 11 is 0. The Kier molecular flexibility index (Phi) is 5.36. The highest BCUT2D eigenvalue weighted by atomic mass is 16.4. The van der Waals surface area contributed by atoms with Crippen LogP contribution in [0.25, 0.3) is 0 Å². The zero-order valence-electron chi connectivity index (χ0n) is 13.4. The minimum atomic E-state index is -1.05. The molecule has 0 bridgehead atoms. The second-order valence-corrected chi connectivity index (χ2v) is 6.05. The first-order valence-corrected chi connectivity index (χ1v) is 7.80. The molecule has 1 heterocycles. The lowest BCUT2D eigenvalue weighted by Gasteiger charge is -2.29. The number of carbonyl (C=O) groups excluding carboxylic acids is 2. The zero-order chi connectivity index (χ0) is 17.0. The predicted molar refractivity (Wildman–Crippen MR) is 86.1 cm³/mol. The van der Waals surface area contributed by atoms with Crippen LogP contribution in [0.5, 0.6) is 0 Å². The highest BCUT2D eigenvalue weighted by Gasteiger charge is 2.26. The van der Waals surface area contributed by atoms with Gasteiger partial charge in [0, 0.05) is 25.1 Å². The van der Waals surface area contributed by atoms with Gasteiger partial charge in [0.1, 0.15) is 6.04 Å². The number of benzene rings is 1. The van der Waals surface area contributed by atoms with Gasteiger partial charge in [0.15, 0.2) is 0 Å². The Morgan fingerprint density at radius 1 is 1.26 bits per heavy atom. The maximum Gasteiger partial charge on any atom is 0.326 e. The van der Waals surface area contributed by atoms with Crippen molar-refractivity contribution in [2.24, 2.45) is 5.92 Å². The summed E-state index contributed by atoms with van der Waals surface area (Å²) in [6, 6.07) is 6.74. The molecule has 1 aromatic rings. The zero-order valence-corrected chi connectivity index (χ0v) is 13.4. The van der Waals surface area contributed by atoms with Crippen molar-refractivity contribution in [2.75, 3.05) is 11.4 Å². The van der Waals surface area contributed by atoms with Crippen LogP contribution in [-0.4, -0.2) is 35.5 Å². The van der Waals surface area contributed by atoms with Crippen molar-refractivity contribution < 1.29 is 19.5 Å². The molecular formula is C17H22N2O4. The standard InChI is InChI=1S/C17H22N2O4/c1-11(2)16(17(22)23)18-14(20)9-10-19-13-6-4-3-5-12(13)7-8-15(19)21/h3-6,11,16H,7-10H2,1-2H3,(H,18,20)(H,22,23). The fourth-order valence-corrected chi connectivity index (χ4v) is 2.71. The van der Waals surface area contributed by atoms with Gasteiger partial charge in [0.05, 0.1) is 0 Å². The van der Waals surface area contributed by atoms with Crippen LogP contribution in [0, 0.1) is 5.92 Å². The molecule has 0 spiro atoms. The van der Waals surface area contributed by atoms with Gasteiger partial charge in [-0.25, -0.2) is 4.79 Å². The minimum Gasteiger partial charge on any atom is -0.480 e. The van der Waals surface area contributed by atoms with Crippen molar-refractivity contribution in [1.82, 2.24) is 5.32 Å². The van der Waals surface area contributed by atoms with Crippen LogP contribution in [0.15, 0.2) is 24.3 Å². The summed E-state index contributed by atoms with van der Waals surface area (Å²) in [7, 11) is 0. The summed E-state index contributed by atoms with van der Waals surface area (Å²) in [6.45, 7) is 3.74. The molecule has 1 atom stereocenters. The van der Waals surface area contributed by atoms with E-state index < -0.39 is 12.0 Å². The van der Waals surface area contributed by atoms with Crippen molar-refractivity contribution >= 4 is 23.5 Å². The third-order valence-corrected chi connectivity index (χ3v) is 4.00. The van der Waals surface area contributed by atoms with Gasteiger partial charge in [-0.15, -0.1) is 0 Å². The van der Waals surface area contributed by atoms with Crippen LogP contribution in [0.4, 0.5) is 5.69 Å². The summed E-state index contributed by atoms with van der Waals surface area (Å²) in [5, 5.41) is 11.6. The molecule has 6 nitrogen and oxygen atoms in total. The molecule has 0 radical (unpaired) electrons. The number of carboxylic acids is 1. The molecule has 1 aliphatic rings. The quantitative estimate of drug-likeness (QED) is 0.834. The highest BCUT2D eigenvalue weighted by molar-refractivity contribution is 5.97. The Bertz CT molecular complexity index is 612. The molecule has 0 saturated carbocycles. The largest absolute Gasteiger partial charge is 0.480 e. The van der Waals surface area contributed by atoms with Crippen LogP contribution in [0.2, 0.25) is 0 Å². The van der Waals surface area contributed by atoms with Gasteiger partial charge >= 0.3 is 5.97 Å². The van der Waals surface area contributed by atoms with E-state index in [1.54, 1.807) is 18.7 Å². The van der Waals surface area contributed by atoms with Crippen LogP contribution >= 0.6 is 0 Å². The maximum absolute atomic E-state index is 12.1. The fraction of sp³-hybridized carbons (Fsp3) is 0.471. The van der Waals surface area contributed by atoms with Crippen molar-refractivity contribution in [2.45, 2.75) is 39.2 Å². The van der Waals surface area contributed by atoms with E-state index in [1.165, 1.54) is 0 Å². The number of rotatable bonds is 6. The van der Waals surface area contributed by atoms with E-state index in [9.17, 15) is 14.4 Å². The van der Waals surface area contributed by atoms with E-state index in [4.69, 9.17) is 5.11 Å². The van der Waals surface area contributed by atoms with Crippen molar-refractivity contribution in [3.63, 3.8) is 0 Å². The summed E-state index contributed by atoms with van der Waals surface area (Å²) < 4.78 is 0. The van der Waals surface area contributed by atoms with Gasteiger partial charge in [0.2, 0.25) is 11.8 Å². The number of carboxylic acid groups (broad SMARTS) is 1. The minimum absolute atomic E-state index is 0.00450. The molecule has 2 amide bonds. The molecule has 0 aromatic heterocycles. The second-order valence-electron chi connectivity index (χ2n) is 6.05. The summed E-state index contributed by atoms with van der Waals surface area (Å²) in [5.74, 6) is -1.61. The van der Waals surface area contributed by atoms with Gasteiger partial charge in [-0.05, 0) is 24.0 Å². The Morgan fingerprint density at radius 2 is 1.96 bits per heavy atom. The van der Waals surface area contributed by atoms with Gasteiger partial charge in [-0.3, -0.25) is 9.59 Å². The topological polar surface area (TPSA) is 86.7 Å². The summed E-state index contributed by atoms with van der Waals surface area (Å²) in [5.41, 5.74) is 1.94. The third kappa shape index (κ3) is 4.09. The number of amides is 2. The van der Waals surface area contributed by atoms with Gasteiger partial charge in [-0.1, -0.05) is 32.0 Å². The molecule has 0 saturated heterocycles.